The monoisotopic (exact) mass is 455 g/mol. The fourth-order valence-corrected chi connectivity index (χ4v) is 4.31. The Kier molecular flexibility index (Phi) is 7.97. The van der Waals surface area contributed by atoms with E-state index in [0.717, 1.165) is 10.6 Å². The van der Waals surface area contributed by atoms with Gasteiger partial charge in [-0.3, -0.25) is 14.5 Å². The van der Waals surface area contributed by atoms with Crippen LogP contribution in [0.1, 0.15) is 18.2 Å². The maximum Gasteiger partial charge on any atom is 0.244 e. The summed E-state index contributed by atoms with van der Waals surface area (Å²) in [4.78, 5) is 30.9. The van der Waals surface area contributed by atoms with Crippen molar-refractivity contribution in [2.45, 2.75) is 18.7 Å². The highest BCUT2D eigenvalue weighted by Gasteiger charge is 2.20. The number of thioether (sulfide) groups is 1. The van der Waals surface area contributed by atoms with Crippen molar-refractivity contribution in [3.05, 3.63) is 77.1 Å². The molecule has 0 spiro atoms. The molecular weight excluding hydrogens is 433 g/mol. The first-order chi connectivity index (χ1) is 14.9. The smallest absolute Gasteiger partial charge is 0.244 e. The summed E-state index contributed by atoms with van der Waals surface area (Å²) in [6.45, 7) is 3.94. The lowest BCUT2D eigenvalue weighted by Gasteiger charge is -2.18. The summed E-state index contributed by atoms with van der Waals surface area (Å²) < 4.78 is 14.1. The molecule has 0 aliphatic rings. The van der Waals surface area contributed by atoms with Gasteiger partial charge < -0.3 is 5.32 Å². The van der Waals surface area contributed by atoms with Gasteiger partial charge in [-0.25, -0.2) is 9.37 Å². The number of aryl methyl sites for hydroxylation is 1. The van der Waals surface area contributed by atoms with Crippen LogP contribution in [-0.2, 0) is 9.59 Å². The minimum absolute atomic E-state index is 0.142. The Bertz CT molecular complexity index is 1080. The molecule has 0 bridgehead atoms. The maximum atomic E-state index is 14.1. The van der Waals surface area contributed by atoms with Crippen LogP contribution >= 0.6 is 23.1 Å². The van der Waals surface area contributed by atoms with Crippen LogP contribution in [0.2, 0.25) is 0 Å². The van der Waals surface area contributed by atoms with Crippen LogP contribution < -0.4 is 10.2 Å². The Morgan fingerprint density at radius 1 is 1.19 bits per heavy atom. The molecule has 0 unspecified atom stereocenters. The number of anilines is 2. The molecule has 0 saturated heterocycles. The number of rotatable bonds is 8. The van der Waals surface area contributed by atoms with E-state index in [9.17, 15) is 14.0 Å². The van der Waals surface area contributed by atoms with Gasteiger partial charge in [0.25, 0.3) is 0 Å². The molecule has 31 heavy (non-hydrogen) atoms. The molecule has 0 aliphatic heterocycles. The van der Waals surface area contributed by atoms with Crippen LogP contribution in [-0.4, -0.2) is 29.1 Å². The molecule has 8 heteroatoms. The average Bonchev–Trinajstić information content (AvgIpc) is 3.21. The van der Waals surface area contributed by atoms with Crippen LogP contribution in [0.3, 0.4) is 0 Å². The van der Waals surface area contributed by atoms with E-state index in [2.05, 4.69) is 34.6 Å². The first-order valence-electron chi connectivity index (χ1n) is 9.60. The van der Waals surface area contributed by atoms with Gasteiger partial charge in [0.1, 0.15) is 5.82 Å². The summed E-state index contributed by atoms with van der Waals surface area (Å²) >= 11 is 2.88. The number of nitrogens with zero attached hydrogens (tertiary/aromatic N) is 2. The topological polar surface area (TPSA) is 62.3 Å². The lowest BCUT2D eigenvalue weighted by Crippen LogP contribution is -2.23. The molecule has 0 fully saturated rings. The fourth-order valence-electron chi connectivity index (χ4n) is 2.69. The normalized spacial score (nSPS) is 10.9. The van der Waals surface area contributed by atoms with Crippen molar-refractivity contribution in [2.75, 3.05) is 17.2 Å². The van der Waals surface area contributed by atoms with E-state index >= 15 is 0 Å². The van der Waals surface area contributed by atoms with E-state index in [1.807, 2.05) is 6.92 Å². The Morgan fingerprint density at radius 2 is 1.94 bits per heavy atom. The third-order valence-electron chi connectivity index (χ3n) is 4.21. The summed E-state index contributed by atoms with van der Waals surface area (Å²) in [5, 5.41) is 4.88. The second-order valence-corrected chi connectivity index (χ2v) is 8.65. The van der Waals surface area contributed by atoms with Crippen LogP contribution in [0, 0.1) is 12.7 Å². The van der Waals surface area contributed by atoms with Gasteiger partial charge in [-0.05, 0) is 37.3 Å². The predicted molar refractivity (Wildman–Crippen MR) is 125 cm³/mol. The number of nitrogens with one attached hydrogen (secondary N) is 1. The minimum Gasteiger partial charge on any atom is -0.352 e. The van der Waals surface area contributed by atoms with Crippen molar-refractivity contribution in [3.8, 4) is 0 Å². The summed E-state index contributed by atoms with van der Waals surface area (Å²) in [5.74, 6) is -0.317. The van der Waals surface area contributed by atoms with Crippen molar-refractivity contribution in [1.82, 2.24) is 10.3 Å². The third-order valence-corrected chi connectivity index (χ3v) is 6.06. The summed E-state index contributed by atoms with van der Waals surface area (Å²) in [7, 11) is 0. The zero-order chi connectivity index (χ0) is 22.2. The van der Waals surface area contributed by atoms with Crippen molar-refractivity contribution in [1.29, 1.82) is 0 Å². The number of carbonyl (C=O) groups is 2. The van der Waals surface area contributed by atoms with Crippen molar-refractivity contribution in [2.24, 2.45) is 0 Å². The molecule has 0 aliphatic carbocycles. The van der Waals surface area contributed by atoms with E-state index in [0.29, 0.717) is 17.4 Å². The van der Waals surface area contributed by atoms with Gasteiger partial charge in [0.2, 0.25) is 11.8 Å². The Labute approximate surface area is 189 Å². The lowest BCUT2D eigenvalue weighted by atomic mass is 10.2. The molecular formula is C23H22FN3O2S2. The second-order valence-electron chi connectivity index (χ2n) is 6.65. The number of halogens is 1. The van der Waals surface area contributed by atoms with Crippen molar-refractivity contribution < 1.29 is 14.0 Å². The highest BCUT2D eigenvalue weighted by atomic mass is 32.2. The summed E-state index contributed by atoms with van der Waals surface area (Å²) in [5.41, 5.74) is 1.88. The number of carbonyl (C=O) groups excluding carboxylic acids is 2. The highest BCUT2D eigenvalue weighted by molar-refractivity contribution is 7.99. The van der Waals surface area contributed by atoms with Crippen LogP contribution in [0.15, 0.2) is 64.9 Å². The largest absolute Gasteiger partial charge is 0.352 e. The van der Waals surface area contributed by atoms with Gasteiger partial charge >= 0.3 is 0 Å². The first kappa shape index (κ1) is 22.7. The van der Waals surface area contributed by atoms with Crippen molar-refractivity contribution in [3.63, 3.8) is 0 Å². The molecule has 3 rings (SSSR count). The second kappa shape index (κ2) is 10.9. The molecule has 2 amide bonds. The third kappa shape index (κ3) is 6.50. The molecule has 1 heterocycles. The predicted octanol–water partition coefficient (Wildman–Crippen LogP) is 5.20. The lowest BCUT2D eigenvalue weighted by molar-refractivity contribution is -0.117. The zero-order valence-corrected chi connectivity index (χ0v) is 18.8. The molecule has 1 aromatic heterocycles. The van der Waals surface area contributed by atoms with E-state index in [1.54, 1.807) is 35.4 Å². The molecule has 5 nitrogen and oxygen atoms in total. The van der Waals surface area contributed by atoms with Crippen molar-refractivity contribution >= 4 is 51.8 Å². The van der Waals surface area contributed by atoms with Gasteiger partial charge in [0, 0.05) is 35.6 Å². The van der Waals surface area contributed by atoms with E-state index in [4.69, 9.17) is 0 Å². The summed E-state index contributed by atoms with van der Waals surface area (Å²) in [6.07, 6.45) is 2.97. The minimum atomic E-state index is -0.507. The number of para-hydroxylation sites is 1. The molecule has 1 N–H and O–H groups in total. The molecule has 3 aromatic rings. The maximum absolute atomic E-state index is 14.1. The standard InChI is InChI=1S/C23H22FN3O2S2/c1-16-7-10-19(11-8-16)30-14-13-25-22(29)12-9-18-15-31-23(26-18)27(17(2)28)21-6-4-3-5-20(21)24/h3-12,15H,13-14H2,1-2H3,(H,25,29)/b12-9+. The average molecular weight is 456 g/mol. The van der Waals surface area contributed by atoms with E-state index in [1.165, 1.54) is 46.9 Å². The van der Waals surface area contributed by atoms with Gasteiger partial charge in [-0.2, -0.15) is 0 Å². The SMILES string of the molecule is CC(=O)N(c1nc(/C=C/C(=O)NCCSc2ccc(C)cc2)cs1)c1ccccc1F. The van der Waals surface area contributed by atoms with Gasteiger partial charge in [-0.1, -0.05) is 29.8 Å². The number of aromatic nitrogens is 1. The van der Waals surface area contributed by atoms with Gasteiger partial charge in [-0.15, -0.1) is 23.1 Å². The Balaban J connectivity index is 1.54. The Morgan fingerprint density at radius 3 is 2.65 bits per heavy atom. The van der Waals surface area contributed by atoms with Gasteiger partial charge in [0.15, 0.2) is 5.13 Å². The fraction of sp³-hybridized carbons (Fsp3) is 0.174. The molecule has 160 valence electrons. The number of hydrogen-bond acceptors (Lipinski definition) is 5. The van der Waals surface area contributed by atoms with E-state index in [-0.39, 0.29) is 17.5 Å². The molecule has 0 saturated carbocycles. The summed E-state index contributed by atoms with van der Waals surface area (Å²) in [6, 6.07) is 14.3. The van der Waals surface area contributed by atoms with Crippen LogP contribution in [0.4, 0.5) is 15.2 Å². The van der Waals surface area contributed by atoms with Gasteiger partial charge in [0.05, 0.1) is 11.4 Å². The van der Waals surface area contributed by atoms with Crippen LogP contribution in [0.25, 0.3) is 6.08 Å². The number of thiazole rings is 1. The Hall–Kier alpha value is -2.97. The number of benzene rings is 2. The molecule has 0 atom stereocenters. The highest BCUT2D eigenvalue weighted by Crippen LogP contribution is 2.30. The molecule has 2 aromatic carbocycles. The number of amides is 2. The quantitative estimate of drug-likeness (QED) is 0.288. The van der Waals surface area contributed by atoms with E-state index < -0.39 is 5.82 Å². The van der Waals surface area contributed by atoms with Crippen LogP contribution in [0.5, 0.6) is 0 Å². The molecule has 0 radical (unpaired) electrons. The number of hydrogen-bond donors (Lipinski definition) is 1. The zero-order valence-electron chi connectivity index (χ0n) is 17.2. The first-order valence-corrected chi connectivity index (χ1v) is 11.5.